The van der Waals surface area contributed by atoms with E-state index in [2.05, 4.69) is 40.4 Å². The molecule has 0 amide bonds. The van der Waals surface area contributed by atoms with Crippen LogP contribution < -0.4 is 5.32 Å². The molecule has 1 N–H and O–H groups in total. The van der Waals surface area contributed by atoms with Gasteiger partial charge in [0.15, 0.2) is 0 Å². The van der Waals surface area contributed by atoms with Crippen molar-refractivity contribution in [1.82, 2.24) is 20.4 Å². The van der Waals surface area contributed by atoms with E-state index in [0.29, 0.717) is 17.8 Å². The Morgan fingerprint density at radius 3 is 2.84 bits per heavy atom. The van der Waals surface area contributed by atoms with E-state index in [1.807, 2.05) is 20.0 Å². The number of rotatable bonds is 5. The number of pyridine rings is 1. The molecule has 2 aromatic rings. The normalized spacial score (nSPS) is 12.6. The Labute approximate surface area is 113 Å². The van der Waals surface area contributed by atoms with E-state index in [9.17, 15) is 0 Å². The van der Waals surface area contributed by atoms with Gasteiger partial charge in [0.2, 0.25) is 11.7 Å². The highest BCUT2D eigenvalue weighted by Crippen LogP contribution is 2.18. The average molecular weight is 260 g/mol. The van der Waals surface area contributed by atoms with Crippen LogP contribution in [0.1, 0.15) is 30.9 Å². The van der Waals surface area contributed by atoms with Crippen LogP contribution in [-0.4, -0.2) is 27.7 Å². The number of hydrogen-bond donors (Lipinski definition) is 1. The van der Waals surface area contributed by atoms with Crippen LogP contribution >= 0.6 is 0 Å². The van der Waals surface area contributed by atoms with Gasteiger partial charge in [0.25, 0.3) is 0 Å². The first kappa shape index (κ1) is 13.7. The SMILES string of the molecule is CCNC(C)Cc1nc(-c2ncc(C)cc2C)no1. The Hall–Kier alpha value is -1.75. The van der Waals surface area contributed by atoms with Crippen LogP contribution in [0.25, 0.3) is 11.5 Å². The summed E-state index contributed by atoms with van der Waals surface area (Å²) in [5, 5.41) is 7.33. The fourth-order valence-corrected chi connectivity index (χ4v) is 2.07. The van der Waals surface area contributed by atoms with Gasteiger partial charge in [0.1, 0.15) is 5.69 Å². The van der Waals surface area contributed by atoms with Crippen LogP contribution in [0.3, 0.4) is 0 Å². The van der Waals surface area contributed by atoms with E-state index in [4.69, 9.17) is 4.52 Å². The van der Waals surface area contributed by atoms with Crippen LogP contribution in [0.4, 0.5) is 0 Å². The summed E-state index contributed by atoms with van der Waals surface area (Å²) in [6.45, 7) is 9.13. The van der Waals surface area contributed by atoms with Gasteiger partial charge in [-0.3, -0.25) is 4.98 Å². The van der Waals surface area contributed by atoms with Crippen LogP contribution in [-0.2, 0) is 6.42 Å². The first-order valence-corrected chi connectivity index (χ1v) is 6.59. The van der Waals surface area contributed by atoms with Gasteiger partial charge >= 0.3 is 0 Å². The van der Waals surface area contributed by atoms with Gasteiger partial charge in [-0.1, -0.05) is 18.1 Å². The predicted molar refractivity (Wildman–Crippen MR) is 73.8 cm³/mol. The molecule has 0 aliphatic carbocycles. The largest absolute Gasteiger partial charge is 0.339 e. The Kier molecular flexibility index (Phi) is 4.27. The summed E-state index contributed by atoms with van der Waals surface area (Å²) in [6.07, 6.45) is 2.55. The first-order chi connectivity index (χ1) is 9.10. The van der Waals surface area contributed by atoms with Gasteiger partial charge in [-0.2, -0.15) is 4.98 Å². The Bertz CT molecular complexity index is 550. The van der Waals surface area contributed by atoms with Crippen molar-refractivity contribution < 1.29 is 4.52 Å². The Balaban J connectivity index is 2.16. The quantitative estimate of drug-likeness (QED) is 0.893. The maximum Gasteiger partial charge on any atom is 0.228 e. The van der Waals surface area contributed by atoms with Gasteiger partial charge in [-0.05, 0) is 38.4 Å². The third-order valence-electron chi connectivity index (χ3n) is 2.93. The highest BCUT2D eigenvalue weighted by Gasteiger charge is 2.14. The van der Waals surface area contributed by atoms with Gasteiger partial charge in [0.05, 0.1) is 0 Å². The summed E-state index contributed by atoms with van der Waals surface area (Å²) >= 11 is 0. The van der Waals surface area contributed by atoms with Gasteiger partial charge in [0, 0.05) is 18.7 Å². The summed E-state index contributed by atoms with van der Waals surface area (Å²) in [5.74, 6) is 1.21. The zero-order valence-electron chi connectivity index (χ0n) is 11.9. The summed E-state index contributed by atoms with van der Waals surface area (Å²) < 4.78 is 5.28. The van der Waals surface area contributed by atoms with Crippen LogP contribution in [0.5, 0.6) is 0 Å². The minimum Gasteiger partial charge on any atom is -0.339 e. The van der Waals surface area contributed by atoms with Crippen molar-refractivity contribution >= 4 is 0 Å². The smallest absolute Gasteiger partial charge is 0.228 e. The maximum atomic E-state index is 5.28. The minimum absolute atomic E-state index is 0.324. The molecule has 5 nitrogen and oxygen atoms in total. The predicted octanol–water partition coefficient (Wildman–Crippen LogP) is 2.29. The summed E-state index contributed by atoms with van der Waals surface area (Å²) in [7, 11) is 0. The Morgan fingerprint density at radius 1 is 1.37 bits per heavy atom. The minimum atomic E-state index is 0.324. The van der Waals surface area contributed by atoms with E-state index in [1.165, 1.54) is 0 Å². The molecule has 2 heterocycles. The van der Waals surface area contributed by atoms with Crippen molar-refractivity contribution in [2.24, 2.45) is 0 Å². The molecule has 0 aliphatic rings. The molecule has 2 aromatic heterocycles. The fourth-order valence-electron chi connectivity index (χ4n) is 2.07. The number of hydrogen-bond acceptors (Lipinski definition) is 5. The zero-order chi connectivity index (χ0) is 13.8. The van der Waals surface area contributed by atoms with Gasteiger partial charge < -0.3 is 9.84 Å². The molecule has 102 valence electrons. The molecule has 0 spiro atoms. The van der Waals surface area contributed by atoms with E-state index in [0.717, 1.165) is 29.8 Å². The molecule has 0 saturated carbocycles. The topological polar surface area (TPSA) is 63.8 Å². The molecule has 1 unspecified atom stereocenters. The molecule has 0 bridgehead atoms. The molecule has 0 fully saturated rings. The molecular weight excluding hydrogens is 240 g/mol. The highest BCUT2D eigenvalue weighted by atomic mass is 16.5. The third-order valence-corrected chi connectivity index (χ3v) is 2.93. The van der Waals surface area contributed by atoms with Crippen molar-refractivity contribution in [3.63, 3.8) is 0 Å². The number of aromatic nitrogens is 3. The molecule has 5 heteroatoms. The molecule has 0 aliphatic heterocycles. The van der Waals surface area contributed by atoms with Crippen LogP contribution in [0.15, 0.2) is 16.8 Å². The molecule has 0 saturated heterocycles. The van der Waals surface area contributed by atoms with Gasteiger partial charge in [-0.15, -0.1) is 0 Å². The van der Waals surface area contributed by atoms with E-state index < -0.39 is 0 Å². The van der Waals surface area contributed by atoms with E-state index in [1.54, 1.807) is 0 Å². The molecule has 1 atom stereocenters. The van der Waals surface area contributed by atoms with Crippen molar-refractivity contribution in [2.75, 3.05) is 6.54 Å². The summed E-state index contributed by atoms with van der Waals surface area (Å²) in [6, 6.07) is 2.39. The average Bonchev–Trinajstić information content (AvgIpc) is 2.77. The van der Waals surface area contributed by atoms with Crippen molar-refractivity contribution in [2.45, 2.75) is 40.2 Å². The molecule has 0 radical (unpaired) electrons. The van der Waals surface area contributed by atoms with E-state index in [-0.39, 0.29) is 0 Å². The molecule has 19 heavy (non-hydrogen) atoms. The second-order valence-electron chi connectivity index (χ2n) is 4.85. The lowest BCUT2D eigenvalue weighted by atomic mass is 10.1. The molecule has 0 aromatic carbocycles. The number of likely N-dealkylation sites (N-methyl/N-ethyl adjacent to an activating group) is 1. The number of aryl methyl sites for hydroxylation is 2. The lowest BCUT2D eigenvalue weighted by molar-refractivity contribution is 0.363. The first-order valence-electron chi connectivity index (χ1n) is 6.59. The molecular formula is C14H20N4O. The highest BCUT2D eigenvalue weighted by molar-refractivity contribution is 5.53. The lowest BCUT2D eigenvalue weighted by Crippen LogP contribution is -2.27. The van der Waals surface area contributed by atoms with Gasteiger partial charge in [-0.25, -0.2) is 0 Å². The maximum absolute atomic E-state index is 5.28. The van der Waals surface area contributed by atoms with Crippen molar-refractivity contribution in [3.8, 4) is 11.5 Å². The zero-order valence-corrected chi connectivity index (χ0v) is 11.9. The number of nitrogens with one attached hydrogen (secondary N) is 1. The van der Waals surface area contributed by atoms with Crippen molar-refractivity contribution in [1.29, 1.82) is 0 Å². The van der Waals surface area contributed by atoms with Crippen LogP contribution in [0, 0.1) is 13.8 Å². The third kappa shape index (κ3) is 3.38. The summed E-state index contributed by atoms with van der Waals surface area (Å²) in [4.78, 5) is 8.79. The Morgan fingerprint density at radius 2 is 2.16 bits per heavy atom. The second kappa shape index (κ2) is 5.93. The monoisotopic (exact) mass is 260 g/mol. The lowest BCUT2D eigenvalue weighted by Gasteiger charge is -2.07. The second-order valence-corrected chi connectivity index (χ2v) is 4.85. The van der Waals surface area contributed by atoms with Crippen LogP contribution in [0.2, 0.25) is 0 Å². The molecule has 2 rings (SSSR count). The fraction of sp³-hybridized carbons (Fsp3) is 0.500. The van der Waals surface area contributed by atoms with Crippen molar-refractivity contribution in [3.05, 3.63) is 29.3 Å². The summed E-state index contributed by atoms with van der Waals surface area (Å²) in [5.41, 5.74) is 2.98. The number of nitrogens with zero attached hydrogens (tertiary/aromatic N) is 3. The standard InChI is InChI=1S/C14H20N4O/c1-5-15-11(4)7-12-17-14(18-19-12)13-10(3)6-9(2)8-16-13/h6,8,11,15H,5,7H2,1-4H3. The van der Waals surface area contributed by atoms with E-state index >= 15 is 0 Å².